The van der Waals surface area contributed by atoms with Crippen molar-refractivity contribution in [3.8, 4) is 11.3 Å². The van der Waals surface area contributed by atoms with E-state index in [4.69, 9.17) is 0 Å². The third-order valence-corrected chi connectivity index (χ3v) is 3.60. The summed E-state index contributed by atoms with van der Waals surface area (Å²) in [4.78, 5) is 4.59. The van der Waals surface area contributed by atoms with Crippen LogP contribution in [0.4, 0.5) is 0 Å². The normalized spacial score (nSPS) is 14.4. The van der Waals surface area contributed by atoms with Gasteiger partial charge in [-0.05, 0) is 49.8 Å². The molecular formula is C16H17N. The minimum Gasteiger partial charge on any atom is -0.256 e. The lowest BCUT2D eigenvalue weighted by molar-refractivity contribution is 0.684. The van der Waals surface area contributed by atoms with Crippen LogP contribution in [-0.2, 0) is 12.8 Å². The van der Waals surface area contributed by atoms with Crippen molar-refractivity contribution in [2.45, 2.75) is 32.6 Å². The maximum atomic E-state index is 4.59. The van der Waals surface area contributed by atoms with Gasteiger partial charge in [0.15, 0.2) is 0 Å². The number of benzene rings is 1. The molecule has 0 bridgehead atoms. The third kappa shape index (κ3) is 1.97. The summed E-state index contributed by atoms with van der Waals surface area (Å²) in [6, 6.07) is 10.9. The molecule has 3 rings (SSSR count). The Kier molecular flexibility index (Phi) is 2.68. The highest BCUT2D eigenvalue weighted by atomic mass is 14.7. The Bertz CT molecular complexity index is 526. The molecule has 0 amide bonds. The molecule has 1 aromatic carbocycles. The van der Waals surface area contributed by atoms with Crippen LogP contribution in [-0.4, -0.2) is 4.98 Å². The fraction of sp³-hybridized carbons (Fsp3) is 0.312. The van der Waals surface area contributed by atoms with Crippen LogP contribution >= 0.6 is 0 Å². The van der Waals surface area contributed by atoms with Gasteiger partial charge in [-0.25, -0.2) is 0 Å². The first-order valence-electron chi connectivity index (χ1n) is 6.38. The summed E-state index contributed by atoms with van der Waals surface area (Å²) in [5, 5.41) is 0. The van der Waals surface area contributed by atoms with Crippen LogP contribution in [0.2, 0.25) is 0 Å². The summed E-state index contributed by atoms with van der Waals surface area (Å²) in [6.45, 7) is 2.12. The van der Waals surface area contributed by atoms with Crippen LogP contribution in [0.15, 0.2) is 36.5 Å². The highest BCUT2D eigenvalue weighted by molar-refractivity contribution is 5.65. The Morgan fingerprint density at radius 3 is 2.53 bits per heavy atom. The van der Waals surface area contributed by atoms with E-state index in [2.05, 4.69) is 42.2 Å². The first-order valence-corrected chi connectivity index (χ1v) is 6.38. The molecule has 1 aromatic heterocycles. The predicted molar refractivity (Wildman–Crippen MR) is 71.1 cm³/mol. The highest BCUT2D eigenvalue weighted by Gasteiger charge is 2.14. The quantitative estimate of drug-likeness (QED) is 0.713. The van der Waals surface area contributed by atoms with E-state index in [0.29, 0.717) is 0 Å². The van der Waals surface area contributed by atoms with Gasteiger partial charge < -0.3 is 0 Å². The minimum atomic E-state index is 1.19. The second-order valence-corrected chi connectivity index (χ2v) is 4.87. The van der Waals surface area contributed by atoms with Crippen LogP contribution in [0.3, 0.4) is 0 Å². The van der Waals surface area contributed by atoms with Crippen LogP contribution in [0, 0.1) is 6.92 Å². The number of aryl methyl sites for hydroxylation is 2. The molecule has 1 heteroatoms. The minimum absolute atomic E-state index is 1.19. The molecule has 0 N–H and O–H groups in total. The van der Waals surface area contributed by atoms with E-state index in [9.17, 15) is 0 Å². The number of fused-ring (bicyclic) bond motifs is 1. The molecule has 86 valence electrons. The number of nitrogens with zero attached hydrogens (tertiary/aromatic N) is 1. The van der Waals surface area contributed by atoms with Crippen molar-refractivity contribution < 1.29 is 0 Å². The lowest BCUT2D eigenvalue weighted by atomic mass is 9.89. The van der Waals surface area contributed by atoms with Gasteiger partial charge in [-0.15, -0.1) is 0 Å². The number of aromatic nitrogens is 1. The van der Waals surface area contributed by atoms with E-state index in [1.165, 1.54) is 53.6 Å². The van der Waals surface area contributed by atoms with E-state index >= 15 is 0 Å². The van der Waals surface area contributed by atoms with Gasteiger partial charge in [-0.1, -0.05) is 29.8 Å². The van der Waals surface area contributed by atoms with E-state index in [0.717, 1.165) is 0 Å². The van der Waals surface area contributed by atoms with Crippen molar-refractivity contribution in [1.82, 2.24) is 4.98 Å². The van der Waals surface area contributed by atoms with E-state index in [-0.39, 0.29) is 0 Å². The maximum Gasteiger partial charge on any atom is 0.0736 e. The van der Waals surface area contributed by atoms with Gasteiger partial charge >= 0.3 is 0 Å². The molecule has 0 unspecified atom stereocenters. The van der Waals surface area contributed by atoms with Crippen molar-refractivity contribution in [1.29, 1.82) is 0 Å². The van der Waals surface area contributed by atoms with Crippen LogP contribution < -0.4 is 0 Å². The molecule has 17 heavy (non-hydrogen) atoms. The van der Waals surface area contributed by atoms with Crippen LogP contribution in [0.25, 0.3) is 11.3 Å². The van der Waals surface area contributed by atoms with Gasteiger partial charge in [0, 0.05) is 11.8 Å². The van der Waals surface area contributed by atoms with Crippen molar-refractivity contribution in [2.24, 2.45) is 0 Å². The van der Waals surface area contributed by atoms with E-state index < -0.39 is 0 Å². The summed E-state index contributed by atoms with van der Waals surface area (Å²) in [6.07, 6.45) is 6.99. The third-order valence-electron chi connectivity index (χ3n) is 3.60. The van der Waals surface area contributed by atoms with Crippen LogP contribution in [0.5, 0.6) is 0 Å². The summed E-state index contributed by atoms with van der Waals surface area (Å²) in [5.74, 6) is 0. The molecule has 0 saturated carbocycles. The number of hydrogen-bond donors (Lipinski definition) is 0. The maximum absolute atomic E-state index is 4.59. The Balaban J connectivity index is 2.11. The van der Waals surface area contributed by atoms with Crippen LogP contribution in [0.1, 0.15) is 29.5 Å². The fourth-order valence-electron chi connectivity index (χ4n) is 2.62. The average molecular weight is 223 g/mol. The molecule has 1 nitrogen and oxygen atoms in total. The Morgan fingerprint density at radius 2 is 1.71 bits per heavy atom. The average Bonchev–Trinajstić information content (AvgIpc) is 2.39. The Labute approximate surface area is 103 Å². The second-order valence-electron chi connectivity index (χ2n) is 4.87. The molecule has 0 radical (unpaired) electrons. The number of rotatable bonds is 1. The van der Waals surface area contributed by atoms with Crippen molar-refractivity contribution in [2.75, 3.05) is 0 Å². The zero-order valence-corrected chi connectivity index (χ0v) is 10.2. The fourth-order valence-corrected chi connectivity index (χ4v) is 2.62. The zero-order valence-electron chi connectivity index (χ0n) is 10.2. The molecule has 0 atom stereocenters. The standard InChI is InChI=1S/C16H17N/c1-12-6-8-14(9-7-12)16-15-5-3-2-4-13(15)10-11-17-16/h6-11H,2-5H2,1H3. The molecule has 0 fully saturated rings. The molecule has 1 aliphatic carbocycles. The van der Waals surface area contributed by atoms with E-state index in [1.54, 1.807) is 0 Å². The Morgan fingerprint density at radius 1 is 0.941 bits per heavy atom. The molecule has 1 aliphatic rings. The molecule has 0 spiro atoms. The summed E-state index contributed by atoms with van der Waals surface area (Å²) in [5.41, 5.74) is 6.74. The smallest absolute Gasteiger partial charge is 0.0736 e. The van der Waals surface area contributed by atoms with Gasteiger partial charge in [0.25, 0.3) is 0 Å². The first kappa shape index (κ1) is 10.5. The second kappa shape index (κ2) is 4.33. The van der Waals surface area contributed by atoms with Crippen molar-refractivity contribution >= 4 is 0 Å². The first-order chi connectivity index (χ1) is 8.34. The summed E-state index contributed by atoms with van der Waals surface area (Å²) in [7, 11) is 0. The lowest BCUT2D eigenvalue weighted by Crippen LogP contribution is -2.05. The number of hydrogen-bond acceptors (Lipinski definition) is 1. The number of pyridine rings is 1. The molecule has 0 aliphatic heterocycles. The van der Waals surface area contributed by atoms with Gasteiger partial charge in [-0.3, -0.25) is 4.98 Å². The summed E-state index contributed by atoms with van der Waals surface area (Å²) < 4.78 is 0. The molecule has 1 heterocycles. The lowest BCUT2D eigenvalue weighted by Gasteiger charge is -2.18. The van der Waals surface area contributed by atoms with Gasteiger partial charge in [0.05, 0.1) is 5.69 Å². The van der Waals surface area contributed by atoms with E-state index in [1.807, 2.05) is 6.20 Å². The Hall–Kier alpha value is -1.63. The van der Waals surface area contributed by atoms with Gasteiger partial charge in [-0.2, -0.15) is 0 Å². The molecular weight excluding hydrogens is 206 g/mol. The molecule has 0 saturated heterocycles. The predicted octanol–water partition coefficient (Wildman–Crippen LogP) is 3.94. The SMILES string of the molecule is Cc1ccc(-c2nccc3c2CCCC3)cc1. The topological polar surface area (TPSA) is 12.9 Å². The summed E-state index contributed by atoms with van der Waals surface area (Å²) >= 11 is 0. The van der Waals surface area contributed by atoms with Crippen molar-refractivity contribution in [3.05, 3.63) is 53.2 Å². The largest absolute Gasteiger partial charge is 0.256 e. The zero-order chi connectivity index (χ0) is 11.7. The van der Waals surface area contributed by atoms with Gasteiger partial charge in [0.1, 0.15) is 0 Å². The van der Waals surface area contributed by atoms with Crippen molar-refractivity contribution in [3.63, 3.8) is 0 Å². The van der Waals surface area contributed by atoms with Gasteiger partial charge in [0.2, 0.25) is 0 Å². The monoisotopic (exact) mass is 223 g/mol. The highest BCUT2D eigenvalue weighted by Crippen LogP contribution is 2.29. The molecule has 2 aromatic rings.